The SMILES string of the molecule is CC(=O)Nc1cccc(CC(C)(C)C)c1. The average molecular weight is 205 g/mol. The number of rotatable bonds is 2. The van der Waals surface area contributed by atoms with Gasteiger partial charge < -0.3 is 5.32 Å². The third kappa shape index (κ3) is 4.63. The molecule has 0 spiro atoms. The van der Waals surface area contributed by atoms with Crippen LogP contribution in [0, 0.1) is 5.41 Å². The summed E-state index contributed by atoms with van der Waals surface area (Å²) < 4.78 is 0. The zero-order valence-electron chi connectivity index (χ0n) is 9.92. The second kappa shape index (κ2) is 4.47. The Kier molecular flexibility index (Phi) is 3.51. The molecule has 0 radical (unpaired) electrons. The lowest BCUT2D eigenvalue weighted by Gasteiger charge is -2.18. The van der Waals surface area contributed by atoms with Crippen LogP contribution in [0.5, 0.6) is 0 Å². The topological polar surface area (TPSA) is 29.1 Å². The Labute approximate surface area is 91.7 Å². The Morgan fingerprint density at radius 3 is 2.53 bits per heavy atom. The van der Waals surface area contributed by atoms with Crippen LogP contribution in [0.25, 0.3) is 0 Å². The van der Waals surface area contributed by atoms with Crippen molar-refractivity contribution in [2.75, 3.05) is 5.32 Å². The molecule has 0 unspecified atom stereocenters. The van der Waals surface area contributed by atoms with Crippen LogP contribution in [-0.2, 0) is 11.2 Å². The molecule has 0 atom stereocenters. The molecule has 0 fully saturated rings. The van der Waals surface area contributed by atoms with Gasteiger partial charge in [-0.15, -0.1) is 0 Å². The first-order valence-corrected chi connectivity index (χ1v) is 5.23. The standard InChI is InChI=1S/C13H19NO/c1-10(15)14-12-7-5-6-11(8-12)9-13(2,3)4/h5-8H,9H2,1-4H3,(H,14,15). The van der Waals surface area contributed by atoms with Gasteiger partial charge in [-0.3, -0.25) is 4.79 Å². The Bertz CT molecular complexity index is 350. The second-order valence-electron chi connectivity index (χ2n) is 5.12. The minimum Gasteiger partial charge on any atom is -0.326 e. The van der Waals surface area contributed by atoms with Gasteiger partial charge in [0, 0.05) is 12.6 Å². The van der Waals surface area contributed by atoms with E-state index in [4.69, 9.17) is 0 Å². The molecule has 82 valence electrons. The van der Waals surface area contributed by atoms with Gasteiger partial charge in [-0.2, -0.15) is 0 Å². The highest BCUT2D eigenvalue weighted by molar-refractivity contribution is 5.88. The predicted molar refractivity (Wildman–Crippen MR) is 63.9 cm³/mol. The highest BCUT2D eigenvalue weighted by Gasteiger charge is 2.11. The van der Waals surface area contributed by atoms with Crippen LogP contribution in [0.1, 0.15) is 33.3 Å². The molecule has 1 aromatic carbocycles. The van der Waals surface area contributed by atoms with Crippen LogP contribution in [0.3, 0.4) is 0 Å². The molecule has 0 heterocycles. The Hall–Kier alpha value is -1.31. The minimum absolute atomic E-state index is 0.0251. The zero-order valence-corrected chi connectivity index (χ0v) is 9.92. The Balaban J connectivity index is 2.79. The van der Waals surface area contributed by atoms with E-state index in [-0.39, 0.29) is 11.3 Å². The van der Waals surface area contributed by atoms with Gasteiger partial charge in [-0.1, -0.05) is 32.9 Å². The van der Waals surface area contributed by atoms with Gasteiger partial charge in [0.05, 0.1) is 0 Å². The summed E-state index contributed by atoms with van der Waals surface area (Å²) in [4.78, 5) is 10.9. The van der Waals surface area contributed by atoms with Crippen LogP contribution >= 0.6 is 0 Å². The van der Waals surface area contributed by atoms with Crippen molar-refractivity contribution < 1.29 is 4.79 Å². The summed E-state index contributed by atoms with van der Waals surface area (Å²) in [7, 11) is 0. The van der Waals surface area contributed by atoms with E-state index in [1.807, 2.05) is 18.2 Å². The minimum atomic E-state index is -0.0251. The van der Waals surface area contributed by atoms with E-state index < -0.39 is 0 Å². The highest BCUT2D eigenvalue weighted by Crippen LogP contribution is 2.22. The number of hydrogen-bond donors (Lipinski definition) is 1. The quantitative estimate of drug-likeness (QED) is 0.789. The molecule has 2 heteroatoms. The summed E-state index contributed by atoms with van der Waals surface area (Å²) in [5, 5.41) is 2.79. The van der Waals surface area contributed by atoms with E-state index in [0.29, 0.717) is 0 Å². The van der Waals surface area contributed by atoms with Gasteiger partial charge in [-0.05, 0) is 29.5 Å². The summed E-state index contributed by atoms with van der Waals surface area (Å²) >= 11 is 0. The van der Waals surface area contributed by atoms with Gasteiger partial charge in [-0.25, -0.2) is 0 Å². The molecular weight excluding hydrogens is 186 g/mol. The van der Waals surface area contributed by atoms with Crippen molar-refractivity contribution in [3.8, 4) is 0 Å². The number of anilines is 1. The fourth-order valence-corrected chi connectivity index (χ4v) is 1.57. The number of carbonyl (C=O) groups excluding carboxylic acids is 1. The van der Waals surface area contributed by atoms with E-state index >= 15 is 0 Å². The maximum Gasteiger partial charge on any atom is 0.221 e. The van der Waals surface area contributed by atoms with Crippen LogP contribution in [0.15, 0.2) is 24.3 Å². The predicted octanol–water partition coefficient (Wildman–Crippen LogP) is 3.23. The summed E-state index contributed by atoms with van der Waals surface area (Å²) in [5.74, 6) is -0.0251. The van der Waals surface area contributed by atoms with Gasteiger partial charge >= 0.3 is 0 Å². The Morgan fingerprint density at radius 1 is 1.33 bits per heavy atom. The fraction of sp³-hybridized carbons (Fsp3) is 0.462. The molecule has 15 heavy (non-hydrogen) atoms. The highest BCUT2D eigenvalue weighted by atomic mass is 16.1. The third-order valence-corrected chi connectivity index (χ3v) is 1.98. The first-order valence-electron chi connectivity index (χ1n) is 5.23. The second-order valence-corrected chi connectivity index (χ2v) is 5.12. The summed E-state index contributed by atoms with van der Waals surface area (Å²) in [6.07, 6.45) is 1.01. The molecule has 1 amide bonds. The van der Waals surface area contributed by atoms with Crippen molar-refractivity contribution in [1.82, 2.24) is 0 Å². The normalized spacial score (nSPS) is 11.2. The van der Waals surface area contributed by atoms with E-state index in [0.717, 1.165) is 12.1 Å². The first-order chi connectivity index (χ1) is 6.87. The van der Waals surface area contributed by atoms with Crippen molar-refractivity contribution in [2.24, 2.45) is 5.41 Å². The Morgan fingerprint density at radius 2 is 2.00 bits per heavy atom. The van der Waals surface area contributed by atoms with Crippen molar-refractivity contribution in [2.45, 2.75) is 34.1 Å². The number of carbonyl (C=O) groups is 1. The summed E-state index contributed by atoms with van der Waals surface area (Å²) in [6, 6.07) is 8.02. The molecule has 2 nitrogen and oxygen atoms in total. The largest absolute Gasteiger partial charge is 0.326 e. The summed E-state index contributed by atoms with van der Waals surface area (Å²) in [5.41, 5.74) is 2.41. The van der Waals surface area contributed by atoms with Crippen LogP contribution < -0.4 is 5.32 Å². The van der Waals surface area contributed by atoms with Crippen LogP contribution in [0.2, 0.25) is 0 Å². The molecule has 1 N–H and O–H groups in total. The molecule has 1 aromatic rings. The lowest BCUT2D eigenvalue weighted by atomic mass is 9.88. The van der Waals surface area contributed by atoms with E-state index in [2.05, 4.69) is 32.2 Å². The molecule has 1 rings (SSSR count). The van der Waals surface area contributed by atoms with E-state index in [1.165, 1.54) is 12.5 Å². The molecule has 0 aliphatic rings. The van der Waals surface area contributed by atoms with Gasteiger partial charge in [0.1, 0.15) is 0 Å². The first kappa shape index (κ1) is 11.8. The molecule has 0 aliphatic heterocycles. The van der Waals surface area contributed by atoms with Crippen molar-refractivity contribution in [3.63, 3.8) is 0 Å². The number of benzene rings is 1. The smallest absolute Gasteiger partial charge is 0.221 e. The van der Waals surface area contributed by atoms with Gasteiger partial charge in [0.25, 0.3) is 0 Å². The van der Waals surface area contributed by atoms with Crippen LogP contribution in [0.4, 0.5) is 5.69 Å². The van der Waals surface area contributed by atoms with Gasteiger partial charge in [0.2, 0.25) is 5.91 Å². The lowest BCUT2D eigenvalue weighted by molar-refractivity contribution is -0.114. The van der Waals surface area contributed by atoms with E-state index in [9.17, 15) is 4.79 Å². The molecule has 0 bridgehead atoms. The third-order valence-electron chi connectivity index (χ3n) is 1.98. The van der Waals surface area contributed by atoms with Gasteiger partial charge in [0.15, 0.2) is 0 Å². The lowest BCUT2D eigenvalue weighted by Crippen LogP contribution is -2.10. The number of nitrogens with one attached hydrogen (secondary N) is 1. The molecular formula is C13H19NO. The van der Waals surface area contributed by atoms with E-state index in [1.54, 1.807) is 0 Å². The molecule has 0 aromatic heterocycles. The van der Waals surface area contributed by atoms with Crippen molar-refractivity contribution >= 4 is 11.6 Å². The monoisotopic (exact) mass is 205 g/mol. The number of hydrogen-bond acceptors (Lipinski definition) is 1. The molecule has 0 saturated heterocycles. The average Bonchev–Trinajstić information content (AvgIpc) is 1.99. The molecule has 0 saturated carbocycles. The maximum absolute atomic E-state index is 10.9. The zero-order chi connectivity index (χ0) is 11.5. The maximum atomic E-state index is 10.9. The molecule has 0 aliphatic carbocycles. The van der Waals surface area contributed by atoms with Crippen LogP contribution in [-0.4, -0.2) is 5.91 Å². The van der Waals surface area contributed by atoms with Crippen molar-refractivity contribution in [3.05, 3.63) is 29.8 Å². The fourth-order valence-electron chi connectivity index (χ4n) is 1.57. The number of amides is 1. The van der Waals surface area contributed by atoms with Crippen molar-refractivity contribution in [1.29, 1.82) is 0 Å². The summed E-state index contributed by atoms with van der Waals surface area (Å²) in [6.45, 7) is 8.14.